The summed E-state index contributed by atoms with van der Waals surface area (Å²) in [6, 6.07) is 21.2. The first-order valence-electron chi connectivity index (χ1n) is 10.9. The highest BCUT2D eigenvalue weighted by atomic mass is 16.2. The molecule has 0 unspecified atom stereocenters. The molecule has 1 N–H and O–H groups in total. The van der Waals surface area contributed by atoms with Gasteiger partial charge in [-0.2, -0.15) is 4.68 Å². The molecule has 160 valence electrons. The van der Waals surface area contributed by atoms with E-state index in [4.69, 9.17) is 0 Å². The van der Waals surface area contributed by atoms with Gasteiger partial charge in [-0.15, -0.1) is 5.10 Å². The lowest BCUT2D eigenvalue weighted by Gasteiger charge is -2.32. The summed E-state index contributed by atoms with van der Waals surface area (Å²) in [4.78, 5) is 27.1. The Morgan fingerprint density at radius 2 is 1.68 bits per heavy atom. The van der Waals surface area contributed by atoms with Crippen LogP contribution in [0.1, 0.15) is 30.9 Å². The maximum absolute atomic E-state index is 12.6. The summed E-state index contributed by atoms with van der Waals surface area (Å²) in [5.41, 5.74) is 2.94. The smallest absolute Gasteiger partial charge is 0.271 e. The number of nitrogens with zero attached hydrogens (tertiary/aromatic N) is 3. The van der Waals surface area contributed by atoms with Crippen LogP contribution in [0.4, 0.5) is 5.82 Å². The Hall–Kier alpha value is -3.41. The third kappa shape index (κ3) is 5.02. The van der Waals surface area contributed by atoms with Gasteiger partial charge in [0.1, 0.15) is 5.82 Å². The van der Waals surface area contributed by atoms with E-state index in [1.807, 2.05) is 54.6 Å². The molecule has 0 atom stereocenters. The number of benzene rings is 2. The molecule has 0 radical (unpaired) electrons. The van der Waals surface area contributed by atoms with Crippen LogP contribution in [-0.2, 0) is 17.8 Å². The van der Waals surface area contributed by atoms with E-state index in [-0.39, 0.29) is 17.4 Å². The van der Waals surface area contributed by atoms with Crippen LogP contribution in [-0.4, -0.2) is 28.8 Å². The fourth-order valence-electron chi connectivity index (χ4n) is 3.93. The third-order valence-electron chi connectivity index (χ3n) is 5.87. The number of piperidine rings is 1. The molecule has 6 nitrogen and oxygen atoms in total. The second kappa shape index (κ2) is 9.60. The fourth-order valence-corrected chi connectivity index (χ4v) is 3.93. The van der Waals surface area contributed by atoms with E-state index in [1.165, 1.54) is 10.2 Å². The summed E-state index contributed by atoms with van der Waals surface area (Å²) < 4.78 is 1.45. The number of carbonyl (C=O) groups excluding carboxylic acids is 1. The van der Waals surface area contributed by atoms with Gasteiger partial charge in [-0.1, -0.05) is 49.4 Å². The molecule has 1 aliphatic rings. The van der Waals surface area contributed by atoms with Gasteiger partial charge in [-0.3, -0.25) is 9.59 Å². The van der Waals surface area contributed by atoms with Crippen LogP contribution in [0, 0.1) is 5.92 Å². The average Bonchev–Trinajstić information content (AvgIpc) is 2.84. The fraction of sp³-hybridized carbons (Fsp3) is 0.320. The molecular weight excluding hydrogens is 388 g/mol. The van der Waals surface area contributed by atoms with E-state index in [9.17, 15) is 9.59 Å². The minimum Gasteiger partial charge on any atom is -0.355 e. The first kappa shape index (κ1) is 20.8. The SMILES string of the molecule is CCc1ccc(-n2nc(N3CCC(C(=O)NCc4ccccc4)CC3)ccc2=O)cc1. The van der Waals surface area contributed by atoms with Gasteiger partial charge >= 0.3 is 0 Å². The zero-order valence-corrected chi connectivity index (χ0v) is 17.8. The molecule has 4 rings (SSSR count). The Morgan fingerprint density at radius 3 is 2.35 bits per heavy atom. The van der Waals surface area contributed by atoms with Crippen LogP contribution in [0.5, 0.6) is 0 Å². The average molecular weight is 417 g/mol. The van der Waals surface area contributed by atoms with Crippen LogP contribution in [0.25, 0.3) is 5.69 Å². The van der Waals surface area contributed by atoms with Crippen LogP contribution in [0.2, 0.25) is 0 Å². The summed E-state index contributed by atoms with van der Waals surface area (Å²) in [6.07, 6.45) is 2.50. The van der Waals surface area contributed by atoms with Crippen molar-refractivity contribution in [2.24, 2.45) is 5.92 Å². The lowest BCUT2D eigenvalue weighted by Crippen LogP contribution is -2.41. The molecular formula is C25H28N4O2. The number of hydrogen-bond donors (Lipinski definition) is 1. The molecule has 0 spiro atoms. The number of rotatable bonds is 6. The van der Waals surface area contributed by atoms with Gasteiger partial charge in [0.2, 0.25) is 5.91 Å². The molecule has 1 amide bonds. The quantitative estimate of drug-likeness (QED) is 0.669. The van der Waals surface area contributed by atoms with Gasteiger partial charge in [-0.05, 0) is 48.6 Å². The molecule has 0 saturated carbocycles. The van der Waals surface area contributed by atoms with Crippen molar-refractivity contribution in [2.75, 3.05) is 18.0 Å². The van der Waals surface area contributed by atoms with Gasteiger partial charge in [0, 0.05) is 31.6 Å². The minimum absolute atomic E-state index is 0.00690. The first-order valence-corrected chi connectivity index (χ1v) is 10.9. The van der Waals surface area contributed by atoms with Gasteiger partial charge in [0.25, 0.3) is 5.56 Å². The Kier molecular flexibility index (Phi) is 6.46. The lowest BCUT2D eigenvalue weighted by atomic mass is 9.96. The Balaban J connectivity index is 1.38. The maximum Gasteiger partial charge on any atom is 0.271 e. The standard InChI is InChI=1S/C25H28N4O2/c1-2-19-8-10-22(11-9-19)29-24(30)13-12-23(27-29)28-16-14-21(15-17-28)25(31)26-18-20-6-4-3-5-7-20/h3-13,21H,2,14-18H2,1H3,(H,26,31). The van der Waals surface area contributed by atoms with Crippen molar-refractivity contribution in [1.82, 2.24) is 15.1 Å². The largest absolute Gasteiger partial charge is 0.355 e. The lowest BCUT2D eigenvalue weighted by molar-refractivity contribution is -0.125. The summed E-state index contributed by atoms with van der Waals surface area (Å²) in [5.74, 6) is 0.882. The molecule has 3 aromatic rings. The normalized spacial score (nSPS) is 14.4. The Morgan fingerprint density at radius 1 is 0.968 bits per heavy atom. The molecule has 1 fully saturated rings. The number of nitrogens with one attached hydrogen (secondary N) is 1. The van der Waals surface area contributed by atoms with Gasteiger partial charge in [-0.25, -0.2) is 0 Å². The van der Waals surface area contributed by atoms with Crippen molar-refractivity contribution in [1.29, 1.82) is 0 Å². The zero-order valence-electron chi connectivity index (χ0n) is 17.8. The van der Waals surface area contributed by atoms with E-state index in [0.717, 1.165) is 49.4 Å². The number of aryl methyl sites for hydroxylation is 1. The second-order valence-corrected chi connectivity index (χ2v) is 7.93. The van der Waals surface area contributed by atoms with Gasteiger partial charge in [0.05, 0.1) is 5.69 Å². The predicted octanol–water partition coefficient (Wildman–Crippen LogP) is 3.33. The zero-order chi connectivity index (χ0) is 21.6. The maximum atomic E-state index is 12.6. The van der Waals surface area contributed by atoms with Crippen molar-refractivity contribution in [3.8, 4) is 5.69 Å². The monoisotopic (exact) mass is 416 g/mol. The molecule has 1 aromatic heterocycles. The molecule has 0 bridgehead atoms. The number of hydrogen-bond acceptors (Lipinski definition) is 4. The van der Waals surface area contributed by atoms with E-state index >= 15 is 0 Å². The van der Waals surface area contributed by atoms with E-state index in [0.29, 0.717) is 6.54 Å². The molecule has 1 saturated heterocycles. The number of carbonyl (C=O) groups is 1. The van der Waals surface area contributed by atoms with Crippen molar-refractivity contribution in [2.45, 2.75) is 32.7 Å². The molecule has 31 heavy (non-hydrogen) atoms. The number of amides is 1. The second-order valence-electron chi connectivity index (χ2n) is 7.93. The van der Waals surface area contributed by atoms with Crippen LogP contribution in [0.15, 0.2) is 71.5 Å². The van der Waals surface area contributed by atoms with Crippen LogP contribution < -0.4 is 15.8 Å². The van der Waals surface area contributed by atoms with Crippen molar-refractivity contribution < 1.29 is 4.79 Å². The third-order valence-corrected chi connectivity index (χ3v) is 5.87. The van der Waals surface area contributed by atoms with E-state index < -0.39 is 0 Å². The molecule has 1 aliphatic heterocycles. The molecule has 2 aromatic carbocycles. The minimum atomic E-state index is -0.150. The highest BCUT2D eigenvalue weighted by Crippen LogP contribution is 2.22. The van der Waals surface area contributed by atoms with Gasteiger partial charge < -0.3 is 10.2 Å². The van der Waals surface area contributed by atoms with Gasteiger partial charge in [0.15, 0.2) is 0 Å². The summed E-state index contributed by atoms with van der Waals surface area (Å²) >= 11 is 0. The van der Waals surface area contributed by atoms with E-state index in [1.54, 1.807) is 12.1 Å². The van der Waals surface area contributed by atoms with Crippen molar-refractivity contribution in [3.63, 3.8) is 0 Å². The van der Waals surface area contributed by atoms with Crippen LogP contribution in [0.3, 0.4) is 0 Å². The van der Waals surface area contributed by atoms with E-state index in [2.05, 4.69) is 22.2 Å². The van der Waals surface area contributed by atoms with Crippen molar-refractivity contribution >= 4 is 11.7 Å². The highest BCUT2D eigenvalue weighted by molar-refractivity contribution is 5.79. The summed E-state index contributed by atoms with van der Waals surface area (Å²) in [6.45, 7) is 4.14. The Bertz CT molecular complexity index is 1070. The highest BCUT2D eigenvalue weighted by Gasteiger charge is 2.25. The summed E-state index contributed by atoms with van der Waals surface area (Å²) in [5, 5.41) is 7.65. The Labute approximate surface area is 182 Å². The predicted molar refractivity (Wildman–Crippen MR) is 122 cm³/mol. The first-order chi connectivity index (χ1) is 15.1. The molecule has 6 heteroatoms. The molecule has 0 aliphatic carbocycles. The topological polar surface area (TPSA) is 67.2 Å². The summed E-state index contributed by atoms with van der Waals surface area (Å²) in [7, 11) is 0. The van der Waals surface area contributed by atoms with Crippen LogP contribution >= 0.6 is 0 Å². The number of anilines is 1. The molecule has 2 heterocycles. The number of aromatic nitrogens is 2. The van der Waals surface area contributed by atoms with Crippen molar-refractivity contribution in [3.05, 3.63) is 88.2 Å².